The van der Waals surface area contributed by atoms with Gasteiger partial charge < -0.3 is 10.7 Å². The Morgan fingerprint density at radius 3 is 2.67 bits per heavy atom. The van der Waals surface area contributed by atoms with Crippen LogP contribution >= 0.6 is 0 Å². The van der Waals surface area contributed by atoms with Crippen molar-refractivity contribution in [3.05, 3.63) is 77.9 Å². The van der Waals surface area contributed by atoms with Gasteiger partial charge in [0.1, 0.15) is 18.4 Å². The Labute approximate surface area is 195 Å². The van der Waals surface area contributed by atoms with Crippen molar-refractivity contribution in [2.45, 2.75) is 51.1 Å². The van der Waals surface area contributed by atoms with Crippen LogP contribution in [0.4, 0.5) is 10.1 Å². The number of nitrogens with one attached hydrogen (secondary N) is 3. The van der Waals surface area contributed by atoms with E-state index in [9.17, 15) is 14.0 Å². The molecular weight excluding hydrogens is 421 g/mol. The van der Waals surface area contributed by atoms with Crippen molar-refractivity contribution in [2.75, 3.05) is 11.4 Å². The van der Waals surface area contributed by atoms with Gasteiger partial charge in [-0.3, -0.25) is 19.5 Å². The first-order chi connectivity index (χ1) is 16.0. The van der Waals surface area contributed by atoms with Crippen LogP contribution in [-0.2, 0) is 9.59 Å². The summed E-state index contributed by atoms with van der Waals surface area (Å²) in [4.78, 5) is 28.8. The third kappa shape index (κ3) is 5.51. The van der Waals surface area contributed by atoms with Crippen molar-refractivity contribution in [1.29, 1.82) is 0 Å². The molecule has 1 heterocycles. The molecule has 1 aliphatic carbocycles. The third-order valence-electron chi connectivity index (χ3n) is 6.15. The first-order valence-electron chi connectivity index (χ1n) is 11.4. The number of halogens is 1. The molecule has 1 aliphatic heterocycles. The highest BCUT2D eigenvalue weighted by Gasteiger charge is 2.35. The zero-order valence-corrected chi connectivity index (χ0v) is 18.8. The molecule has 7 nitrogen and oxygen atoms in total. The molecule has 2 amide bonds. The predicted molar refractivity (Wildman–Crippen MR) is 127 cm³/mol. The van der Waals surface area contributed by atoms with Crippen LogP contribution in [0.15, 0.2) is 60.9 Å². The highest BCUT2D eigenvalue weighted by atomic mass is 19.1. The lowest BCUT2D eigenvalue weighted by molar-refractivity contribution is -0.127. The third-order valence-corrected chi connectivity index (χ3v) is 6.15. The summed E-state index contributed by atoms with van der Waals surface area (Å²) in [6, 6.07) is 12.5. The van der Waals surface area contributed by atoms with Gasteiger partial charge in [-0.05, 0) is 49.1 Å². The lowest BCUT2D eigenvalue weighted by Gasteiger charge is -2.35. The maximum atomic E-state index is 14.2. The molecule has 176 valence electrons. The number of carbonyl (C=O) groups is 2. The standard InChI is InChI=1S/C25H30FN5O2.H2/c1-18-8-5-6-13-22(18)24(25(33)28-20-10-3-2-4-11-20)31(21-12-7-9-19(26)16-21)23(32)17-30-15-14-27-29-30;/h5-9,12-16,20,24,27,29H,2-4,10-11,17H2,1H3,(H,28,33);1H. The minimum Gasteiger partial charge on any atom is -0.351 e. The molecule has 1 saturated carbocycles. The number of amides is 2. The molecule has 1 atom stereocenters. The average Bonchev–Trinajstić information content (AvgIpc) is 3.31. The SMILES string of the molecule is Cc1ccccc1C(C(=O)NC1CCCCC1)N(C(=O)CN1C=CNN1)c1cccc(F)c1.[HH]. The Hall–Kier alpha value is -3.39. The van der Waals surface area contributed by atoms with E-state index in [1.807, 2.05) is 31.2 Å². The van der Waals surface area contributed by atoms with Crippen LogP contribution in [0.1, 0.15) is 50.7 Å². The van der Waals surface area contributed by atoms with E-state index in [2.05, 4.69) is 16.3 Å². The summed E-state index contributed by atoms with van der Waals surface area (Å²) in [5, 5.41) is 4.75. The van der Waals surface area contributed by atoms with Crippen LogP contribution in [0, 0.1) is 12.7 Å². The van der Waals surface area contributed by atoms with E-state index in [1.54, 1.807) is 29.5 Å². The molecule has 0 bridgehead atoms. The van der Waals surface area contributed by atoms with E-state index in [1.165, 1.54) is 23.5 Å². The molecule has 3 N–H and O–H groups in total. The molecule has 0 aromatic heterocycles. The number of hydrazine groups is 2. The fourth-order valence-electron chi connectivity index (χ4n) is 4.48. The van der Waals surface area contributed by atoms with E-state index in [-0.39, 0.29) is 25.8 Å². The lowest BCUT2D eigenvalue weighted by Crippen LogP contribution is -2.50. The smallest absolute Gasteiger partial charge is 0.249 e. The molecule has 0 radical (unpaired) electrons. The molecule has 0 saturated heterocycles. The maximum Gasteiger partial charge on any atom is 0.249 e. The largest absolute Gasteiger partial charge is 0.351 e. The minimum atomic E-state index is -0.929. The van der Waals surface area contributed by atoms with Gasteiger partial charge in [0.15, 0.2) is 0 Å². The Balaban J connectivity index is 0.00000324. The van der Waals surface area contributed by atoms with Crippen molar-refractivity contribution in [3.63, 3.8) is 0 Å². The summed E-state index contributed by atoms with van der Waals surface area (Å²) in [7, 11) is 0. The number of benzene rings is 2. The molecule has 1 unspecified atom stereocenters. The van der Waals surface area contributed by atoms with Gasteiger partial charge in [-0.25, -0.2) is 4.39 Å². The Kier molecular flexibility index (Phi) is 7.24. The molecule has 2 aliphatic rings. The van der Waals surface area contributed by atoms with Crippen molar-refractivity contribution in [2.24, 2.45) is 0 Å². The molecule has 8 heteroatoms. The van der Waals surface area contributed by atoms with E-state index in [0.717, 1.165) is 31.2 Å². The Bertz CT molecular complexity index is 1030. The normalized spacial score (nSPS) is 16.8. The lowest BCUT2D eigenvalue weighted by atomic mass is 9.93. The van der Waals surface area contributed by atoms with Crippen LogP contribution in [0.2, 0.25) is 0 Å². The topological polar surface area (TPSA) is 76.7 Å². The fraction of sp³-hybridized carbons (Fsp3) is 0.360. The number of rotatable bonds is 7. The number of carbonyl (C=O) groups excluding carboxylic acids is 2. The summed E-state index contributed by atoms with van der Waals surface area (Å²) >= 11 is 0. The first-order valence-corrected chi connectivity index (χ1v) is 11.4. The maximum absolute atomic E-state index is 14.2. The molecule has 1 fully saturated rings. The van der Waals surface area contributed by atoms with Crippen LogP contribution in [0.3, 0.4) is 0 Å². The van der Waals surface area contributed by atoms with E-state index in [0.29, 0.717) is 11.3 Å². The molecular formula is C25H32FN5O2. The second-order valence-electron chi connectivity index (χ2n) is 8.55. The zero-order valence-electron chi connectivity index (χ0n) is 18.8. The van der Waals surface area contributed by atoms with Crippen molar-refractivity contribution in [1.82, 2.24) is 21.3 Å². The van der Waals surface area contributed by atoms with Gasteiger partial charge in [-0.2, -0.15) is 0 Å². The minimum absolute atomic E-state index is 0. The second kappa shape index (κ2) is 10.5. The number of hydrogen-bond donors (Lipinski definition) is 3. The van der Waals surface area contributed by atoms with Gasteiger partial charge in [0, 0.05) is 25.6 Å². The molecule has 4 rings (SSSR count). The van der Waals surface area contributed by atoms with Crippen molar-refractivity contribution >= 4 is 17.5 Å². The molecule has 0 spiro atoms. The monoisotopic (exact) mass is 453 g/mol. The van der Waals surface area contributed by atoms with Crippen LogP contribution in [0.5, 0.6) is 0 Å². The zero-order chi connectivity index (χ0) is 23.2. The van der Waals surface area contributed by atoms with E-state index in [4.69, 9.17) is 0 Å². The summed E-state index contributed by atoms with van der Waals surface area (Å²) in [5.74, 6) is -1.06. The van der Waals surface area contributed by atoms with Crippen LogP contribution in [-0.4, -0.2) is 29.4 Å². The number of anilines is 1. The second-order valence-corrected chi connectivity index (χ2v) is 8.55. The quantitative estimate of drug-likeness (QED) is 0.596. The molecule has 2 aromatic rings. The van der Waals surface area contributed by atoms with Crippen LogP contribution < -0.4 is 21.2 Å². The van der Waals surface area contributed by atoms with Gasteiger partial charge in [0.25, 0.3) is 0 Å². The van der Waals surface area contributed by atoms with Crippen molar-refractivity contribution < 1.29 is 15.4 Å². The van der Waals surface area contributed by atoms with Gasteiger partial charge in [-0.15, -0.1) is 5.53 Å². The molecule has 33 heavy (non-hydrogen) atoms. The number of nitrogens with zero attached hydrogens (tertiary/aromatic N) is 2. The Morgan fingerprint density at radius 2 is 1.97 bits per heavy atom. The summed E-state index contributed by atoms with van der Waals surface area (Å²) in [6.07, 6.45) is 8.52. The highest BCUT2D eigenvalue weighted by Crippen LogP contribution is 2.31. The average molecular weight is 454 g/mol. The number of hydrogen-bond acceptors (Lipinski definition) is 5. The van der Waals surface area contributed by atoms with Crippen molar-refractivity contribution in [3.8, 4) is 0 Å². The fourth-order valence-corrected chi connectivity index (χ4v) is 4.48. The van der Waals surface area contributed by atoms with E-state index < -0.39 is 11.9 Å². The highest BCUT2D eigenvalue weighted by molar-refractivity contribution is 6.02. The predicted octanol–water partition coefficient (Wildman–Crippen LogP) is 3.70. The molecule has 2 aromatic carbocycles. The van der Waals surface area contributed by atoms with Crippen LogP contribution in [0.25, 0.3) is 0 Å². The van der Waals surface area contributed by atoms with Gasteiger partial charge in [0.2, 0.25) is 11.8 Å². The van der Waals surface area contributed by atoms with Gasteiger partial charge in [0.05, 0.1) is 0 Å². The summed E-state index contributed by atoms with van der Waals surface area (Å²) in [5.41, 5.74) is 7.57. The van der Waals surface area contributed by atoms with Gasteiger partial charge >= 0.3 is 0 Å². The summed E-state index contributed by atoms with van der Waals surface area (Å²) in [6.45, 7) is 1.87. The first kappa shape index (κ1) is 22.8. The Morgan fingerprint density at radius 1 is 1.18 bits per heavy atom. The van der Waals surface area contributed by atoms with Gasteiger partial charge in [-0.1, -0.05) is 49.6 Å². The summed E-state index contributed by atoms with van der Waals surface area (Å²) < 4.78 is 14.2. The number of aryl methyl sites for hydroxylation is 1. The van der Waals surface area contributed by atoms with E-state index >= 15 is 0 Å².